The van der Waals surface area contributed by atoms with Gasteiger partial charge >= 0.3 is 0 Å². The van der Waals surface area contributed by atoms with Crippen LogP contribution in [0.5, 0.6) is 11.5 Å². The molecule has 94 valence electrons. The third kappa shape index (κ3) is 2.57. The zero-order valence-corrected chi connectivity index (χ0v) is 10.7. The van der Waals surface area contributed by atoms with Crippen LogP contribution in [0.1, 0.15) is 10.4 Å². The van der Waals surface area contributed by atoms with E-state index in [-0.39, 0.29) is 5.91 Å². The molecule has 2 aromatic rings. The molecule has 0 spiro atoms. The van der Waals surface area contributed by atoms with Crippen molar-refractivity contribution in [2.75, 3.05) is 19.5 Å². The van der Waals surface area contributed by atoms with Gasteiger partial charge in [-0.2, -0.15) is 4.37 Å². The first kappa shape index (κ1) is 12.3. The van der Waals surface area contributed by atoms with Crippen molar-refractivity contribution in [1.82, 2.24) is 9.36 Å². The number of hydrogen-bond acceptors (Lipinski definition) is 6. The predicted molar refractivity (Wildman–Crippen MR) is 67.4 cm³/mol. The molecule has 1 heterocycles. The van der Waals surface area contributed by atoms with E-state index in [0.29, 0.717) is 22.2 Å². The second-order valence-corrected chi connectivity index (χ2v) is 4.05. The van der Waals surface area contributed by atoms with Crippen molar-refractivity contribution in [3.05, 3.63) is 30.1 Å². The number of amides is 1. The lowest BCUT2D eigenvalue weighted by Gasteiger charge is -2.08. The highest BCUT2D eigenvalue weighted by Crippen LogP contribution is 2.27. The molecule has 0 unspecified atom stereocenters. The zero-order valence-electron chi connectivity index (χ0n) is 9.84. The zero-order chi connectivity index (χ0) is 13.0. The van der Waals surface area contributed by atoms with Gasteiger partial charge in [0.25, 0.3) is 5.91 Å². The van der Waals surface area contributed by atoms with E-state index >= 15 is 0 Å². The lowest BCUT2D eigenvalue weighted by molar-refractivity contribution is 0.102. The van der Waals surface area contributed by atoms with Gasteiger partial charge in [-0.3, -0.25) is 10.1 Å². The summed E-state index contributed by atoms with van der Waals surface area (Å²) in [5.74, 6) is 0.806. The molecule has 0 saturated heterocycles. The number of methoxy groups -OCH3 is 2. The lowest BCUT2D eigenvalue weighted by Crippen LogP contribution is -2.11. The smallest absolute Gasteiger partial charge is 0.257 e. The average molecular weight is 265 g/mol. The second-order valence-electron chi connectivity index (χ2n) is 3.27. The Bertz CT molecular complexity index is 542. The molecular weight excluding hydrogens is 254 g/mol. The van der Waals surface area contributed by atoms with Crippen molar-refractivity contribution in [1.29, 1.82) is 0 Å². The highest BCUT2D eigenvalue weighted by molar-refractivity contribution is 7.09. The second kappa shape index (κ2) is 5.46. The van der Waals surface area contributed by atoms with Crippen LogP contribution in [0.15, 0.2) is 24.5 Å². The predicted octanol–water partition coefficient (Wildman–Crippen LogP) is 1.81. The van der Waals surface area contributed by atoms with E-state index in [9.17, 15) is 4.79 Å². The van der Waals surface area contributed by atoms with Crippen molar-refractivity contribution in [2.45, 2.75) is 0 Å². The van der Waals surface area contributed by atoms with Gasteiger partial charge in [0.1, 0.15) is 6.33 Å². The first-order valence-corrected chi connectivity index (χ1v) is 5.82. The molecule has 0 bridgehead atoms. The summed E-state index contributed by atoms with van der Waals surface area (Å²) in [4.78, 5) is 15.8. The maximum absolute atomic E-state index is 11.9. The summed E-state index contributed by atoms with van der Waals surface area (Å²) < 4.78 is 14.0. The summed E-state index contributed by atoms with van der Waals surface area (Å²) >= 11 is 1.11. The fraction of sp³-hybridized carbons (Fsp3) is 0.182. The number of hydrogen-bond donors (Lipinski definition) is 1. The number of benzene rings is 1. The SMILES string of the molecule is COc1ccc(C(=O)Nc2ncns2)cc1OC. The van der Waals surface area contributed by atoms with E-state index in [4.69, 9.17) is 9.47 Å². The van der Waals surface area contributed by atoms with Crippen LogP contribution in [0.3, 0.4) is 0 Å². The molecule has 0 aliphatic rings. The molecule has 1 N–H and O–H groups in total. The highest BCUT2D eigenvalue weighted by Gasteiger charge is 2.11. The Morgan fingerprint density at radius 1 is 1.28 bits per heavy atom. The van der Waals surface area contributed by atoms with Gasteiger partial charge in [0.15, 0.2) is 11.5 Å². The maximum atomic E-state index is 11.9. The average Bonchev–Trinajstić information content (AvgIpc) is 2.90. The molecular formula is C11H11N3O3S. The minimum atomic E-state index is -0.271. The van der Waals surface area contributed by atoms with Crippen LogP contribution in [0.25, 0.3) is 0 Å². The molecule has 1 aromatic carbocycles. The summed E-state index contributed by atoms with van der Waals surface area (Å²) in [6.45, 7) is 0. The molecule has 0 aliphatic carbocycles. The highest BCUT2D eigenvalue weighted by atomic mass is 32.1. The van der Waals surface area contributed by atoms with Crippen molar-refractivity contribution in [2.24, 2.45) is 0 Å². The summed E-state index contributed by atoms with van der Waals surface area (Å²) in [5, 5.41) is 3.09. The molecule has 1 aromatic heterocycles. The summed E-state index contributed by atoms with van der Waals surface area (Å²) in [6.07, 6.45) is 1.38. The van der Waals surface area contributed by atoms with Crippen LogP contribution in [0.4, 0.5) is 5.13 Å². The number of anilines is 1. The Morgan fingerprint density at radius 2 is 2.06 bits per heavy atom. The van der Waals surface area contributed by atoms with Crippen molar-refractivity contribution in [3.8, 4) is 11.5 Å². The van der Waals surface area contributed by atoms with E-state index in [2.05, 4.69) is 14.7 Å². The van der Waals surface area contributed by atoms with Gasteiger partial charge in [-0.05, 0) is 18.2 Å². The van der Waals surface area contributed by atoms with E-state index in [1.165, 1.54) is 13.4 Å². The third-order valence-electron chi connectivity index (χ3n) is 2.23. The third-order valence-corrected chi connectivity index (χ3v) is 2.81. The molecule has 0 atom stereocenters. The molecule has 0 aliphatic heterocycles. The minimum Gasteiger partial charge on any atom is -0.493 e. The van der Waals surface area contributed by atoms with Crippen molar-refractivity contribution < 1.29 is 14.3 Å². The molecule has 0 fully saturated rings. The van der Waals surface area contributed by atoms with Crippen LogP contribution in [-0.2, 0) is 0 Å². The first-order chi connectivity index (χ1) is 8.74. The van der Waals surface area contributed by atoms with Crippen LogP contribution >= 0.6 is 11.5 Å². The van der Waals surface area contributed by atoms with Crippen LogP contribution in [0.2, 0.25) is 0 Å². The number of nitrogens with zero attached hydrogens (tertiary/aromatic N) is 2. The summed E-state index contributed by atoms with van der Waals surface area (Å²) in [5.41, 5.74) is 0.461. The van der Waals surface area contributed by atoms with Crippen molar-refractivity contribution in [3.63, 3.8) is 0 Å². The van der Waals surface area contributed by atoms with Crippen LogP contribution in [-0.4, -0.2) is 29.5 Å². The first-order valence-electron chi connectivity index (χ1n) is 5.04. The van der Waals surface area contributed by atoms with E-state index in [0.717, 1.165) is 11.5 Å². The van der Waals surface area contributed by atoms with Crippen molar-refractivity contribution >= 4 is 22.6 Å². The largest absolute Gasteiger partial charge is 0.493 e. The molecule has 18 heavy (non-hydrogen) atoms. The monoisotopic (exact) mass is 265 g/mol. The van der Waals surface area contributed by atoms with Gasteiger partial charge < -0.3 is 9.47 Å². The van der Waals surface area contributed by atoms with Crippen LogP contribution < -0.4 is 14.8 Å². The van der Waals surface area contributed by atoms with E-state index < -0.39 is 0 Å². The fourth-order valence-electron chi connectivity index (χ4n) is 1.37. The molecule has 0 radical (unpaired) electrons. The Labute approximate surface area is 108 Å². The van der Waals surface area contributed by atoms with Gasteiger partial charge in [0, 0.05) is 17.1 Å². The molecule has 2 rings (SSSR count). The fourth-order valence-corrected chi connectivity index (χ4v) is 1.80. The van der Waals surface area contributed by atoms with Crippen LogP contribution in [0, 0.1) is 0 Å². The van der Waals surface area contributed by atoms with E-state index in [1.807, 2.05) is 0 Å². The van der Waals surface area contributed by atoms with Gasteiger partial charge in [-0.25, -0.2) is 4.98 Å². The molecule has 0 saturated carbocycles. The minimum absolute atomic E-state index is 0.271. The summed E-state index contributed by atoms with van der Waals surface area (Å²) in [6, 6.07) is 4.93. The van der Waals surface area contributed by atoms with Gasteiger partial charge in [-0.1, -0.05) is 0 Å². The quantitative estimate of drug-likeness (QED) is 0.912. The molecule has 6 nitrogen and oxygen atoms in total. The molecule has 1 amide bonds. The number of rotatable bonds is 4. The number of nitrogens with one attached hydrogen (secondary N) is 1. The maximum Gasteiger partial charge on any atom is 0.257 e. The van der Waals surface area contributed by atoms with Gasteiger partial charge in [0.2, 0.25) is 5.13 Å². The molecule has 7 heteroatoms. The van der Waals surface area contributed by atoms with Gasteiger partial charge in [-0.15, -0.1) is 0 Å². The van der Waals surface area contributed by atoms with Gasteiger partial charge in [0.05, 0.1) is 14.2 Å². The number of carbonyl (C=O) groups excluding carboxylic acids is 1. The summed E-state index contributed by atoms with van der Waals surface area (Å²) in [7, 11) is 3.06. The Kier molecular flexibility index (Phi) is 3.73. The Morgan fingerprint density at radius 3 is 2.67 bits per heavy atom. The lowest BCUT2D eigenvalue weighted by atomic mass is 10.2. The standard InChI is InChI=1S/C11H11N3O3S/c1-16-8-4-3-7(5-9(8)17-2)10(15)14-11-12-6-13-18-11/h3-6H,1-2H3,(H,12,13,14,15). The number of carbonyl (C=O) groups is 1. The normalized spacial score (nSPS) is 9.89. The topological polar surface area (TPSA) is 73.3 Å². The number of ether oxygens (including phenoxy) is 2. The van der Waals surface area contributed by atoms with E-state index in [1.54, 1.807) is 25.3 Å². The Balaban J connectivity index is 2.20. The Hall–Kier alpha value is -2.15. The number of aromatic nitrogens is 2.